The van der Waals surface area contributed by atoms with Crippen molar-refractivity contribution in [1.82, 2.24) is 0 Å². The summed E-state index contributed by atoms with van der Waals surface area (Å²) >= 11 is 15.3. The summed E-state index contributed by atoms with van der Waals surface area (Å²) in [5, 5.41) is 26.0. The van der Waals surface area contributed by atoms with Gasteiger partial charge >= 0.3 is 10.3 Å². The summed E-state index contributed by atoms with van der Waals surface area (Å²) in [5.74, 6) is -1.47. The Hall–Kier alpha value is -4.49. The second kappa shape index (κ2) is 17.3. The van der Waals surface area contributed by atoms with Crippen LogP contribution in [-0.2, 0) is 36.9 Å². The smallest absolute Gasteiger partial charge is 0.333 e. The lowest BCUT2D eigenvalue weighted by Gasteiger charge is -2.15. The Kier molecular flexibility index (Phi) is 12.3. The first-order valence-corrected chi connectivity index (χ1v) is 21.6. The van der Waals surface area contributed by atoms with E-state index in [1.54, 1.807) is 23.5 Å². The zero-order valence-electron chi connectivity index (χ0n) is 29.7. The number of benzene rings is 6. The van der Waals surface area contributed by atoms with Gasteiger partial charge in [-0.05, 0) is 102 Å². The summed E-state index contributed by atoms with van der Waals surface area (Å²) in [6.45, 7) is -0.561. The molecule has 2 aromatic heterocycles. The van der Waals surface area contributed by atoms with Gasteiger partial charge in [-0.2, -0.15) is 8.42 Å². The van der Waals surface area contributed by atoms with Gasteiger partial charge in [-0.3, -0.25) is 13.8 Å². The van der Waals surface area contributed by atoms with Gasteiger partial charge in [0.1, 0.15) is 11.6 Å². The molecule has 2 heterocycles. The van der Waals surface area contributed by atoms with Crippen molar-refractivity contribution in [1.29, 1.82) is 0 Å². The molecule has 0 spiro atoms. The fourth-order valence-corrected chi connectivity index (χ4v) is 9.48. The van der Waals surface area contributed by atoms with E-state index < -0.39 is 22.1 Å². The average Bonchev–Trinajstić information content (AvgIpc) is 3.78. The lowest BCUT2D eigenvalue weighted by atomic mass is 9.91. The Labute approximate surface area is 342 Å². The van der Waals surface area contributed by atoms with Gasteiger partial charge in [0.25, 0.3) is 0 Å². The Bertz CT molecular complexity index is 2830. The highest BCUT2D eigenvalue weighted by Crippen LogP contribution is 2.36. The molecular weight excluding hydrogens is 806 g/mol. The van der Waals surface area contributed by atoms with Crippen molar-refractivity contribution in [2.75, 3.05) is 13.2 Å². The van der Waals surface area contributed by atoms with E-state index in [0.29, 0.717) is 22.0 Å². The van der Waals surface area contributed by atoms with Gasteiger partial charge in [-0.15, -0.1) is 22.7 Å². The first-order chi connectivity index (χ1) is 27.0. The highest BCUT2D eigenvalue weighted by atomic mass is 35.5. The number of rotatable bonds is 12. The largest absolute Gasteiger partial charge is 0.395 e. The molecule has 0 saturated carbocycles. The highest BCUT2D eigenvalue weighted by molar-refractivity contribution is 7.84. The van der Waals surface area contributed by atoms with Crippen molar-refractivity contribution in [3.8, 4) is 0 Å². The zero-order valence-corrected chi connectivity index (χ0v) is 33.7. The van der Waals surface area contributed by atoms with Crippen LogP contribution in [0.25, 0.3) is 41.7 Å². The van der Waals surface area contributed by atoms with E-state index in [9.17, 15) is 23.1 Å². The fraction of sp³-hybridized carbons (Fsp3) is 0.136. The first kappa shape index (κ1) is 39.7. The van der Waals surface area contributed by atoms with Gasteiger partial charge in [0.15, 0.2) is 0 Å². The lowest BCUT2D eigenvalue weighted by Crippen LogP contribution is -2.25. The van der Waals surface area contributed by atoms with Gasteiger partial charge in [0.2, 0.25) is 0 Å². The van der Waals surface area contributed by atoms with Crippen LogP contribution in [0.2, 0.25) is 10.0 Å². The molecule has 8 aromatic rings. The van der Waals surface area contributed by atoms with Crippen molar-refractivity contribution in [3.05, 3.63) is 164 Å². The van der Waals surface area contributed by atoms with Gasteiger partial charge in [-0.25, -0.2) is 5.14 Å². The summed E-state index contributed by atoms with van der Waals surface area (Å²) < 4.78 is 29.6. The molecule has 12 heteroatoms. The summed E-state index contributed by atoms with van der Waals surface area (Å²) in [4.78, 5) is 26.2. The minimum absolute atomic E-state index is 0.0162. The minimum Gasteiger partial charge on any atom is -0.395 e. The topological polar surface area (TPSA) is 124 Å². The van der Waals surface area contributed by atoms with E-state index in [-0.39, 0.29) is 31.2 Å². The van der Waals surface area contributed by atoms with Gasteiger partial charge < -0.3 is 5.11 Å². The number of ketones is 2. The molecule has 0 bridgehead atoms. The van der Waals surface area contributed by atoms with Crippen LogP contribution < -0.4 is 5.14 Å². The third kappa shape index (κ3) is 9.37. The number of aliphatic hydroxyl groups is 1. The van der Waals surface area contributed by atoms with E-state index in [1.807, 2.05) is 114 Å². The van der Waals surface area contributed by atoms with Crippen LogP contribution in [-0.4, -0.2) is 38.3 Å². The van der Waals surface area contributed by atoms with Crippen LogP contribution in [0.15, 0.2) is 132 Å². The fourth-order valence-electron chi connectivity index (χ4n) is 6.82. The van der Waals surface area contributed by atoms with Crippen molar-refractivity contribution in [2.45, 2.75) is 24.7 Å². The Balaban J connectivity index is 0.000000173. The Morgan fingerprint density at radius 2 is 1.07 bits per heavy atom. The summed E-state index contributed by atoms with van der Waals surface area (Å²) in [6.07, 6.45) is 0.440. The standard InChI is InChI=1S/C22H18ClNO4S2.C22H17ClO2S/c23-17-7-8-22-18(11-17)20(13-29-22)19(12-28-30(24,26)27)21(25)10-14-5-6-15-3-1-2-4-16(15)9-14;23-17-7-8-22-18(11-17)20(13-26-22)19(12-24)21(25)10-14-5-6-15-3-1-2-4-16(15)9-14/h1-9,11,13,19H,10,12H2,(H2,24,26,27);1-9,11,13,19,24H,10,12H2. The second-order valence-corrected chi connectivity index (χ2v) is 17.3. The predicted molar refractivity (Wildman–Crippen MR) is 231 cm³/mol. The lowest BCUT2D eigenvalue weighted by molar-refractivity contribution is -0.121. The molecule has 0 aliphatic heterocycles. The van der Waals surface area contributed by atoms with Crippen molar-refractivity contribution < 1.29 is 27.3 Å². The monoisotopic (exact) mass is 839 g/mol. The molecule has 0 aliphatic carbocycles. The molecule has 284 valence electrons. The number of halogens is 2. The second-order valence-electron chi connectivity index (χ2n) is 13.4. The maximum Gasteiger partial charge on any atom is 0.333 e. The molecule has 0 saturated heterocycles. The molecule has 56 heavy (non-hydrogen) atoms. The number of aliphatic hydroxyl groups excluding tert-OH is 1. The number of carbonyl (C=O) groups is 2. The number of hydrogen-bond donors (Lipinski definition) is 2. The maximum atomic E-state index is 13.2. The quantitative estimate of drug-likeness (QED) is 0.126. The summed E-state index contributed by atoms with van der Waals surface area (Å²) in [5.41, 5.74) is 3.36. The van der Waals surface area contributed by atoms with Crippen LogP contribution in [0.1, 0.15) is 34.1 Å². The summed E-state index contributed by atoms with van der Waals surface area (Å²) in [6, 6.07) is 39.0. The molecule has 7 nitrogen and oxygen atoms in total. The Morgan fingerprint density at radius 1 is 0.625 bits per heavy atom. The third-order valence-corrected chi connectivity index (χ3v) is 12.5. The molecular formula is C44H35Cl2NO6S3. The third-order valence-electron chi connectivity index (χ3n) is 9.63. The molecule has 2 unspecified atom stereocenters. The maximum absolute atomic E-state index is 13.2. The number of fused-ring (bicyclic) bond motifs is 4. The van der Waals surface area contributed by atoms with Crippen LogP contribution in [0, 0.1) is 0 Å². The van der Waals surface area contributed by atoms with Gasteiger partial charge in [-0.1, -0.05) is 108 Å². The number of carbonyl (C=O) groups excluding carboxylic acids is 2. The Morgan fingerprint density at radius 3 is 1.54 bits per heavy atom. The molecule has 8 rings (SSSR count). The summed E-state index contributed by atoms with van der Waals surface area (Å²) in [7, 11) is -4.18. The first-order valence-electron chi connectivity index (χ1n) is 17.6. The van der Waals surface area contributed by atoms with E-state index in [2.05, 4.69) is 6.07 Å². The number of hydrogen-bond acceptors (Lipinski definition) is 8. The van der Waals surface area contributed by atoms with Crippen molar-refractivity contribution in [3.63, 3.8) is 0 Å². The molecule has 2 atom stereocenters. The number of Topliss-reactive ketones (excluding diaryl/α,β-unsaturated/α-hetero) is 2. The van der Waals surface area contributed by atoms with E-state index >= 15 is 0 Å². The predicted octanol–water partition coefficient (Wildman–Crippen LogP) is 10.4. The molecule has 6 aromatic carbocycles. The number of thiophene rings is 2. The molecule has 0 aliphatic rings. The molecule has 0 radical (unpaired) electrons. The van der Waals surface area contributed by atoms with Crippen molar-refractivity contribution >= 4 is 109 Å². The van der Waals surface area contributed by atoms with Crippen LogP contribution in [0.5, 0.6) is 0 Å². The normalized spacial score (nSPS) is 12.8. The van der Waals surface area contributed by atoms with E-state index in [1.165, 1.54) is 11.3 Å². The van der Waals surface area contributed by atoms with Crippen LogP contribution in [0.4, 0.5) is 0 Å². The van der Waals surface area contributed by atoms with E-state index in [0.717, 1.165) is 58.4 Å². The number of nitrogens with two attached hydrogens (primary N) is 1. The molecule has 0 amide bonds. The zero-order chi connectivity index (χ0) is 39.4. The van der Waals surface area contributed by atoms with Gasteiger partial charge in [0, 0.05) is 32.3 Å². The molecule has 0 fully saturated rings. The highest BCUT2D eigenvalue weighted by Gasteiger charge is 2.27. The van der Waals surface area contributed by atoms with Crippen LogP contribution in [0.3, 0.4) is 0 Å². The molecule has 3 N–H and O–H groups in total. The van der Waals surface area contributed by atoms with E-state index in [4.69, 9.17) is 32.5 Å². The minimum atomic E-state index is -4.18. The average molecular weight is 841 g/mol. The SMILES string of the molecule is NS(=O)(=O)OCC(C(=O)Cc1ccc2ccccc2c1)c1csc2ccc(Cl)cc12.O=C(Cc1ccc2ccccc2c1)C(CO)c1csc2ccc(Cl)cc12. The van der Waals surface area contributed by atoms with Crippen LogP contribution >= 0.6 is 45.9 Å². The van der Waals surface area contributed by atoms with Crippen molar-refractivity contribution in [2.24, 2.45) is 5.14 Å². The van der Waals surface area contributed by atoms with Gasteiger partial charge in [0.05, 0.1) is 25.0 Å².